The van der Waals surface area contributed by atoms with Crippen LogP contribution < -0.4 is 0 Å². The van der Waals surface area contributed by atoms with Crippen LogP contribution in [0.25, 0.3) is 0 Å². The maximum absolute atomic E-state index is 13.0. The third-order valence-corrected chi connectivity index (χ3v) is 9.95. The number of thioether (sulfide) groups is 1. The SMILES string of the molecule is CCCCCCCCCCCCCC(=O)O[C@H]1C(SC)O[C@H](COC)[C@@H](OS(=O)(=O)O)[C@@H]1OC(=O)CCCCCCCCCCCC. The summed E-state index contributed by atoms with van der Waals surface area (Å²) in [4.78, 5) is 26.0. The second-order valence-electron chi connectivity index (χ2n) is 12.8. The molecule has 47 heavy (non-hydrogen) atoms. The fourth-order valence-electron chi connectivity index (χ4n) is 5.99. The number of ether oxygens (including phenoxy) is 4. The van der Waals surface area contributed by atoms with Gasteiger partial charge in [0.25, 0.3) is 0 Å². The molecule has 1 unspecified atom stereocenters. The van der Waals surface area contributed by atoms with Crippen LogP contribution in [0.2, 0.25) is 0 Å². The van der Waals surface area contributed by atoms with Gasteiger partial charge >= 0.3 is 22.3 Å². The van der Waals surface area contributed by atoms with Gasteiger partial charge in [0, 0.05) is 20.0 Å². The molecule has 0 radical (unpaired) electrons. The second kappa shape index (κ2) is 27.9. The first-order chi connectivity index (χ1) is 22.7. The van der Waals surface area contributed by atoms with Gasteiger partial charge in [-0.2, -0.15) is 8.42 Å². The minimum absolute atomic E-state index is 0.0941. The molecule has 1 rings (SSSR count). The predicted molar refractivity (Wildman–Crippen MR) is 188 cm³/mol. The Hall–Kier alpha value is -0.920. The molecule has 1 fully saturated rings. The molecule has 0 saturated carbocycles. The van der Waals surface area contributed by atoms with Gasteiger partial charge in [-0.05, 0) is 19.1 Å². The zero-order chi connectivity index (χ0) is 34.8. The Morgan fingerprint density at radius 2 is 1.02 bits per heavy atom. The highest BCUT2D eigenvalue weighted by atomic mass is 32.3. The Bertz CT molecular complexity index is 901. The first-order valence-corrected chi connectivity index (χ1v) is 21.0. The molecule has 1 N–H and O–H groups in total. The molecule has 5 atom stereocenters. The van der Waals surface area contributed by atoms with E-state index in [-0.39, 0.29) is 19.4 Å². The number of carbonyl (C=O) groups excluding carboxylic acids is 2. The lowest BCUT2D eigenvalue weighted by Crippen LogP contribution is -2.61. The summed E-state index contributed by atoms with van der Waals surface area (Å²) in [6.45, 7) is 4.34. The average Bonchev–Trinajstić information content (AvgIpc) is 3.02. The normalized spacial score (nSPS) is 21.5. The molecule has 1 aliphatic rings. The van der Waals surface area contributed by atoms with Crippen LogP contribution in [0.4, 0.5) is 0 Å². The van der Waals surface area contributed by atoms with Gasteiger partial charge in [-0.1, -0.05) is 136 Å². The molecule has 1 saturated heterocycles. The van der Waals surface area contributed by atoms with E-state index in [9.17, 15) is 22.6 Å². The van der Waals surface area contributed by atoms with E-state index in [4.69, 9.17) is 23.1 Å². The average molecular weight is 711 g/mol. The quantitative estimate of drug-likeness (QED) is 0.0436. The lowest BCUT2D eigenvalue weighted by Gasteiger charge is -2.43. The van der Waals surface area contributed by atoms with Gasteiger partial charge in [0.1, 0.15) is 17.6 Å². The van der Waals surface area contributed by atoms with Crippen molar-refractivity contribution in [2.24, 2.45) is 0 Å². The highest BCUT2D eigenvalue weighted by Crippen LogP contribution is 2.34. The molecule has 0 aromatic rings. The number of carbonyl (C=O) groups is 2. The number of hydrogen-bond acceptors (Lipinski definition) is 10. The Balaban J connectivity index is 2.72. The Labute approximate surface area is 290 Å². The fraction of sp³-hybridized carbons (Fsp3) is 0.943. The maximum atomic E-state index is 13.0. The molecule has 0 spiro atoms. The summed E-state index contributed by atoms with van der Waals surface area (Å²) >= 11 is 1.24. The van der Waals surface area contributed by atoms with Crippen LogP contribution in [0.1, 0.15) is 162 Å². The van der Waals surface area contributed by atoms with Crippen LogP contribution in [0, 0.1) is 0 Å². The number of unbranched alkanes of at least 4 members (excludes halogenated alkanes) is 19. The maximum Gasteiger partial charge on any atom is 0.397 e. The van der Waals surface area contributed by atoms with E-state index in [2.05, 4.69) is 13.8 Å². The predicted octanol–water partition coefficient (Wildman–Crippen LogP) is 8.74. The van der Waals surface area contributed by atoms with Crippen molar-refractivity contribution in [1.82, 2.24) is 0 Å². The first kappa shape index (κ1) is 44.1. The highest BCUT2D eigenvalue weighted by Gasteiger charge is 2.52. The highest BCUT2D eigenvalue weighted by molar-refractivity contribution is 7.99. The Kier molecular flexibility index (Phi) is 26.1. The summed E-state index contributed by atoms with van der Waals surface area (Å²) in [5, 5.41) is 0. The number of methoxy groups -OCH3 is 1. The van der Waals surface area contributed by atoms with Crippen LogP contribution in [0.15, 0.2) is 0 Å². The molecule has 10 nitrogen and oxygen atoms in total. The summed E-state index contributed by atoms with van der Waals surface area (Å²) in [5.74, 6) is -1.04. The van der Waals surface area contributed by atoms with Crippen molar-refractivity contribution in [1.29, 1.82) is 0 Å². The van der Waals surface area contributed by atoms with Gasteiger partial charge in [0.05, 0.1) is 6.61 Å². The van der Waals surface area contributed by atoms with Gasteiger partial charge in [-0.3, -0.25) is 14.1 Å². The third-order valence-electron chi connectivity index (χ3n) is 8.64. The van der Waals surface area contributed by atoms with Gasteiger partial charge in [-0.15, -0.1) is 11.8 Å². The smallest absolute Gasteiger partial charge is 0.397 e. The molecular weight excluding hydrogens is 645 g/mol. The minimum Gasteiger partial charge on any atom is -0.455 e. The molecule has 1 aliphatic heterocycles. The van der Waals surface area contributed by atoms with Crippen LogP contribution in [0.3, 0.4) is 0 Å². The molecule has 12 heteroatoms. The van der Waals surface area contributed by atoms with Crippen molar-refractivity contribution in [2.45, 2.75) is 191 Å². The molecule has 0 aliphatic carbocycles. The molecule has 0 amide bonds. The number of esters is 2. The largest absolute Gasteiger partial charge is 0.455 e. The summed E-state index contributed by atoms with van der Waals surface area (Å²) in [6.07, 6.45) is 21.0. The second-order valence-corrected chi connectivity index (χ2v) is 14.8. The van der Waals surface area contributed by atoms with Crippen molar-refractivity contribution < 1.29 is 45.7 Å². The molecule has 0 aromatic heterocycles. The van der Waals surface area contributed by atoms with Crippen molar-refractivity contribution in [3.8, 4) is 0 Å². The van der Waals surface area contributed by atoms with E-state index in [0.29, 0.717) is 12.8 Å². The van der Waals surface area contributed by atoms with E-state index in [1.165, 1.54) is 102 Å². The molecule has 0 bridgehead atoms. The summed E-state index contributed by atoms with van der Waals surface area (Å²) in [5.41, 5.74) is -0.771. The molecule has 1 heterocycles. The van der Waals surface area contributed by atoms with E-state index in [1.54, 1.807) is 6.26 Å². The molecular formula is C35H66O10S2. The summed E-state index contributed by atoms with van der Waals surface area (Å²) < 4.78 is 61.1. The standard InChI is InChI=1S/C35H66O10S2/c1-5-7-9-11-13-15-17-19-21-23-25-27-31(37)44-34-33(32(45-47(38,39)40)29(28-41-3)42-35(34)46-4)43-30(36)26-24-22-20-18-16-14-12-10-8-6-2/h29,32-35H,5-28H2,1-4H3,(H,38,39,40)/t29-,32-,33+,34-,35?/m1/s1. The van der Waals surface area contributed by atoms with Crippen LogP contribution >= 0.6 is 11.8 Å². The molecule has 278 valence electrons. The number of rotatable bonds is 30. The fourth-order valence-corrected chi connectivity index (χ4v) is 7.24. The van der Waals surface area contributed by atoms with Crippen LogP contribution in [0.5, 0.6) is 0 Å². The first-order valence-electron chi connectivity index (χ1n) is 18.4. The Morgan fingerprint density at radius 1 is 0.638 bits per heavy atom. The van der Waals surface area contributed by atoms with E-state index >= 15 is 0 Å². The van der Waals surface area contributed by atoms with E-state index < -0.39 is 52.2 Å². The van der Waals surface area contributed by atoms with Crippen molar-refractivity contribution in [2.75, 3.05) is 20.0 Å². The third kappa shape index (κ3) is 21.7. The Morgan fingerprint density at radius 3 is 1.38 bits per heavy atom. The van der Waals surface area contributed by atoms with E-state index in [1.807, 2.05) is 0 Å². The lowest BCUT2D eigenvalue weighted by atomic mass is 9.99. The van der Waals surface area contributed by atoms with Crippen molar-refractivity contribution in [3.05, 3.63) is 0 Å². The van der Waals surface area contributed by atoms with E-state index in [0.717, 1.165) is 38.5 Å². The van der Waals surface area contributed by atoms with Gasteiger partial charge < -0.3 is 18.9 Å². The zero-order valence-electron chi connectivity index (χ0n) is 29.8. The van der Waals surface area contributed by atoms with Crippen molar-refractivity contribution in [3.63, 3.8) is 0 Å². The monoisotopic (exact) mass is 710 g/mol. The van der Waals surface area contributed by atoms with Crippen LogP contribution in [-0.4, -0.2) is 74.7 Å². The van der Waals surface area contributed by atoms with Gasteiger partial charge in [0.15, 0.2) is 12.2 Å². The topological polar surface area (TPSA) is 135 Å². The van der Waals surface area contributed by atoms with Crippen LogP contribution in [-0.2, 0) is 43.1 Å². The van der Waals surface area contributed by atoms with Crippen molar-refractivity contribution >= 4 is 34.1 Å². The molecule has 0 aromatic carbocycles. The lowest BCUT2D eigenvalue weighted by molar-refractivity contribution is -0.226. The number of hydrogen-bond donors (Lipinski definition) is 1. The van der Waals surface area contributed by atoms with Gasteiger partial charge in [0.2, 0.25) is 0 Å². The van der Waals surface area contributed by atoms with Gasteiger partial charge in [-0.25, -0.2) is 4.18 Å². The zero-order valence-corrected chi connectivity index (χ0v) is 31.4. The minimum atomic E-state index is -4.96. The summed E-state index contributed by atoms with van der Waals surface area (Å²) in [7, 11) is -3.55. The summed E-state index contributed by atoms with van der Waals surface area (Å²) in [6, 6.07) is 0.